The molecule has 0 saturated carbocycles. The molecule has 0 bridgehead atoms. The van der Waals surface area contributed by atoms with E-state index in [1.54, 1.807) is 36.7 Å². The van der Waals surface area contributed by atoms with Crippen LogP contribution in [-0.4, -0.2) is 32.8 Å². The molecule has 0 unspecified atom stereocenters. The molecule has 2 heterocycles. The van der Waals surface area contributed by atoms with Crippen LogP contribution in [0.1, 0.15) is 20.7 Å². The number of fused-ring (bicyclic) bond motifs is 2. The van der Waals surface area contributed by atoms with Crippen molar-refractivity contribution in [2.75, 3.05) is 0 Å². The first-order valence-corrected chi connectivity index (χ1v) is 12.6. The number of carbonyl (C=O) groups is 2. The number of pyridine rings is 2. The second-order valence-electron chi connectivity index (χ2n) is 8.77. The van der Waals surface area contributed by atoms with Crippen LogP contribution in [0.3, 0.4) is 0 Å². The van der Waals surface area contributed by atoms with Gasteiger partial charge in [0.15, 0.2) is 24.1 Å². The van der Waals surface area contributed by atoms with Gasteiger partial charge in [-0.25, -0.2) is 0 Å². The summed E-state index contributed by atoms with van der Waals surface area (Å²) in [6.45, 7) is 0. The number of benzene rings is 4. The minimum Gasteiger partial charge on any atom is -0.505 e. The van der Waals surface area contributed by atoms with Gasteiger partial charge >= 0.3 is 0 Å². The number of aromatic nitrogens is 2. The van der Waals surface area contributed by atoms with E-state index in [-0.39, 0.29) is 39.7 Å². The van der Waals surface area contributed by atoms with Crippen LogP contribution < -0.4 is 0 Å². The molecule has 43 heavy (non-hydrogen) atoms. The number of nitrogens with zero attached hydrogens (tertiary/aromatic N) is 6. The van der Waals surface area contributed by atoms with E-state index in [2.05, 4.69) is 30.4 Å². The van der Waals surface area contributed by atoms with Gasteiger partial charge in [-0.15, -0.1) is 10.2 Å². The van der Waals surface area contributed by atoms with Crippen LogP contribution in [0.2, 0.25) is 0 Å². The first kappa shape index (κ1) is 30.3. The summed E-state index contributed by atoms with van der Waals surface area (Å²) in [5.74, 6) is -0.279. The van der Waals surface area contributed by atoms with Crippen molar-refractivity contribution in [3.63, 3.8) is 0 Å². The summed E-state index contributed by atoms with van der Waals surface area (Å²) < 4.78 is 0. The van der Waals surface area contributed by atoms with Crippen molar-refractivity contribution < 1.29 is 36.9 Å². The van der Waals surface area contributed by atoms with Crippen LogP contribution >= 0.6 is 0 Å². The number of rotatable bonds is 6. The average Bonchev–Trinajstić information content (AvgIpc) is 3.05. The predicted molar refractivity (Wildman–Crippen MR) is 159 cm³/mol. The Morgan fingerprint density at radius 1 is 0.535 bits per heavy atom. The van der Waals surface area contributed by atoms with Gasteiger partial charge in [-0.05, 0) is 60.7 Å². The zero-order valence-electron chi connectivity index (χ0n) is 22.2. The number of azo groups is 2. The molecular formula is C32H22CuN6O4. The number of carbonyl (C=O) groups excluding carboxylic acids is 2. The van der Waals surface area contributed by atoms with Crippen molar-refractivity contribution in [3.05, 3.63) is 121 Å². The third kappa shape index (κ3) is 6.99. The van der Waals surface area contributed by atoms with Gasteiger partial charge in [0.2, 0.25) is 0 Å². The zero-order valence-corrected chi connectivity index (χ0v) is 23.2. The molecule has 11 heteroatoms. The molecule has 6 aromatic rings. The normalized spacial score (nSPS) is 10.8. The molecule has 0 aliphatic heterocycles. The van der Waals surface area contributed by atoms with Crippen molar-refractivity contribution in [1.82, 2.24) is 9.97 Å². The van der Waals surface area contributed by atoms with Crippen LogP contribution in [0.25, 0.3) is 21.8 Å². The molecule has 1 radical (unpaired) electrons. The minimum absolute atomic E-state index is 0. The molecule has 0 atom stereocenters. The summed E-state index contributed by atoms with van der Waals surface area (Å²) in [6.07, 6.45) is 4.25. The van der Waals surface area contributed by atoms with E-state index in [1.807, 2.05) is 60.7 Å². The Hall–Kier alpha value is -5.64. The van der Waals surface area contributed by atoms with Crippen LogP contribution in [0.5, 0.6) is 11.5 Å². The van der Waals surface area contributed by atoms with Crippen molar-refractivity contribution in [3.8, 4) is 11.5 Å². The smallest absolute Gasteiger partial charge is 0.153 e. The van der Waals surface area contributed by atoms with Gasteiger partial charge < -0.3 is 10.2 Å². The van der Waals surface area contributed by atoms with E-state index in [9.17, 15) is 19.8 Å². The summed E-state index contributed by atoms with van der Waals surface area (Å²) >= 11 is 0. The summed E-state index contributed by atoms with van der Waals surface area (Å²) in [6, 6.07) is 28.6. The van der Waals surface area contributed by atoms with Crippen molar-refractivity contribution in [2.24, 2.45) is 20.5 Å². The van der Waals surface area contributed by atoms with Crippen LogP contribution in [0.4, 0.5) is 22.7 Å². The minimum atomic E-state index is -0.140. The summed E-state index contributed by atoms with van der Waals surface area (Å²) in [4.78, 5) is 30.3. The molecule has 10 nitrogen and oxygen atoms in total. The van der Waals surface area contributed by atoms with Crippen molar-refractivity contribution in [2.45, 2.75) is 0 Å². The molecule has 6 rings (SSSR count). The Morgan fingerprint density at radius 3 is 1.30 bits per heavy atom. The van der Waals surface area contributed by atoms with E-state index < -0.39 is 0 Å². The van der Waals surface area contributed by atoms with E-state index >= 15 is 0 Å². The second kappa shape index (κ2) is 14.3. The predicted octanol–water partition coefficient (Wildman–Crippen LogP) is 8.33. The molecule has 4 aromatic carbocycles. The number of aldehydes is 2. The van der Waals surface area contributed by atoms with Crippen molar-refractivity contribution in [1.29, 1.82) is 0 Å². The second-order valence-corrected chi connectivity index (χ2v) is 8.77. The quantitative estimate of drug-likeness (QED) is 0.109. The van der Waals surface area contributed by atoms with Gasteiger partial charge in [0.1, 0.15) is 11.0 Å². The first-order valence-electron chi connectivity index (χ1n) is 12.6. The maximum absolute atomic E-state index is 11.0. The van der Waals surface area contributed by atoms with E-state index in [0.717, 1.165) is 0 Å². The fourth-order valence-corrected chi connectivity index (χ4v) is 4.02. The fraction of sp³-hybridized carbons (Fsp3) is 0. The van der Waals surface area contributed by atoms with E-state index in [1.165, 1.54) is 12.1 Å². The van der Waals surface area contributed by atoms with Gasteiger partial charge in [-0.3, -0.25) is 19.6 Å². The number of phenolic OH excluding ortho intramolecular Hbond substituents is 2. The first-order chi connectivity index (χ1) is 20.6. The maximum atomic E-state index is 11.0. The molecule has 215 valence electrons. The summed E-state index contributed by atoms with van der Waals surface area (Å²) in [7, 11) is 0. The Bertz CT molecular complexity index is 1810. The third-order valence-electron chi connectivity index (χ3n) is 6.06. The monoisotopic (exact) mass is 617 g/mol. The molecule has 2 aromatic heterocycles. The molecule has 0 aliphatic carbocycles. The van der Waals surface area contributed by atoms with Gasteiger partial charge in [0.25, 0.3) is 0 Å². The Balaban J connectivity index is 0.000000192. The topological polar surface area (TPSA) is 150 Å². The number of hydrogen-bond donors (Lipinski definition) is 2. The molecular weight excluding hydrogens is 596 g/mol. The average molecular weight is 618 g/mol. The SMILES string of the molecule is O=Cc1cc(N=Nc2ccccc2)c2cccnc2c1O.O=Cc1cc(N=Nc2ccccc2)c2cccnc2c1O.[Cu]. The van der Waals surface area contributed by atoms with E-state index in [4.69, 9.17) is 0 Å². The largest absolute Gasteiger partial charge is 0.505 e. The van der Waals surface area contributed by atoms with Gasteiger partial charge in [-0.1, -0.05) is 36.4 Å². The molecule has 0 spiro atoms. The third-order valence-corrected chi connectivity index (χ3v) is 6.06. The zero-order chi connectivity index (χ0) is 29.3. The summed E-state index contributed by atoms with van der Waals surface area (Å²) in [5.41, 5.74) is 3.34. The maximum Gasteiger partial charge on any atom is 0.153 e. The van der Waals surface area contributed by atoms with E-state index in [0.29, 0.717) is 57.1 Å². The number of aromatic hydroxyl groups is 2. The number of hydrogen-bond acceptors (Lipinski definition) is 10. The molecule has 0 fully saturated rings. The van der Waals surface area contributed by atoms with Crippen LogP contribution in [-0.2, 0) is 17.1 Å². The summed E-state index contributed by atoms with van der Waals surface area (Å²) in [5, 5.41) is 37.9. The Kier molecular flexibility index (Phi) is 10.1. The standard InChI is InChI=1S/2C16H11N3O2.Cu/c2*20-10-11-9-14(19-18-12-5-2-1-3-6-12)13-7-4-8-17-15(13)16(11)21;/h2*1-10,21H;. The van der Waals surface area contributed by atoms with Crippen molar-refractivity contribution >= 4 is 57.1 Å². The van der Waals surface area contributed by atoms with Gasteiger partial charge in [0.05, 0.1) is 33.9 Å². The number of phenols is 2. The molecule has 0 aliphatic rings. The molecule has 2 N–H and O–H groups in total. The fourth-order valence-electron chi connectivity index (χ4n) is 4.02. The Morgan fingerprint density at radius 2 is 0.930 bits per heavy atom. The Labute approximate surface area is 256 Å². The van der Waals surface area contributed by atoms with Crippen LogP contribution in [0, 0.1) is 0 Å². The molecule has 0 amide bonds. The van der Waals surface area contributed by atoms with Gasteiger partial charge in [0, 0.05) is 40.2 Å². The van der Waals surface area contributed by atoms with Crippen LogP contribution in [0.15, 0.2) is 130 Å². The van der Waals surface area contributed by atoms with Gasteiger partial charge in [-0.2, -0.15) is 10.2 Å². The molecule has 0 saturated heterocycles.